The van der Waals surface area contributed by atoms with Crippen LogP contribution < -0.4 is 4.74 Å². The quantitative estimate of drug-likeness (QED) is 0.414. The third kappa shape index (κ3) is 3.92. The minimum atomic E-state index is -0.233. The van der Waals surface area contributed by atoms with Crippen molar-refractivity contribution in [1.29, 1.82) is 0 Å². The predicted octanol–water partition coefficient (Wildman–Crippen LogP) is 5.37. The van der Waals surface area contributed by atoms with E-state index in [1.165, 1.54) is 12.1 Å². The van der Waals surface area contributed by atoms with Crippen LogP contribution in [0.4, 0.5) is 4.39 Å². The van der Waals surface area contributed by atoms with E-state index in [-0.39, 0.29) is 5.82 Å². The molecule has 4 aromatic rings. The van der Waals surface area contributed by atoms with Gasteiger partial charge >= 0.3 is 0 Å². The fraction of sp³-hybridized carbons (Fsp3) is 0.0909. The lowest BCUT2D eigenvalue weighted by Crippen LogP contribution is -1.99. The highest BCUT2D eigenvalue weighted by atomic mass is 32.2. The standard InChI is InChI=1S/C22H18FN3OS/c1-27-20-13-9-17(10-14-20)21-24-25-22(26(21)19-5-3-2-4-6-19)28-15-16-7-11-18(23)12-8-16/h2-14H,15H2,1H3. The van der Waals surface area contributed by atoms with E-state index in [4.69, 9.17) is 4.74 Å². The van der Waals surface area contributed by atoms with Crippen molar-refractivity contribution in [2.24, 2.45) is 0 Å². The Morgan fingerprint density at radius 3 is 2.29 bits per heavy atom. The molecule has 0 fully saturated rings. The highest BCUT2D eigenvalue weighted by Crippen LogP contribution is 2.30. The van der Waals surface area contributed by atoms with E-state index < -0.39 is 0 Å². The van der Waals surface area contributed by atoms with Crippen molar-refractivity contribution in [2.75, 3.05) is 7.11 Å². The summed E-state index contributed by atoms with van der Waals surface area (Å²) in [5.74, 6) is 1.99. The molecule has 0 radical (unpaired) electrons. The summed E-state index contributed by atoms with van der Waals surface area (Å²) in [5, 5.41) is 9.63. The highest BCUT2D eigenvalue weighted by Gasteiger charge is 2.16. The summed E-state index contributed by atoms with van der Waals surface area (Å²) in [4.78, 5) is 0. The number of thioether (sulfide) groups is 1. The molecule has 1 heterocycles. The molecule has 0 N–H and O–H groups in total. The average molecular weight is 391 g/mol. The minimum absolute atomic E-state index is 0.233. The van der Waals surface area contributed by atoms with E-state index in [9.17, 15) is 4.39 Å². The molecule has 0 saturated heterocycles. The molecule has 1 aromatic heterocycles. The second-order valence-electron chi connectivity index (χ2n) is 6.12. The monoisotopic (exact) mass is 391 g/mol. The second kappa shape index (κ2) is 8.27. The Morgan fingerprint density at radius 2 is 1.61 bits per heavy atom. The van der Waals surface area contributed by atoms with E-state index in [1.54, 1.807) is 31.0 Å². The number of aromatic nitrogens is 3. The van der Waals surface area contributed by atoms with E-state index >= 15 is 0 Å². The van der Waals surface area contributed by atoms with Gasteiger partial charge in [0.05, 0.1) is 7.11 Å². The number of ether oxygens (including phenoxy) is 1. The molecule has 6 heteroatoms. The minimum Gasteiger partial charge on any atom is -0.497 e. The summed E-state index contributed by atoms with van der Waals surface area (Å²) in [6, 6.07) is 24.3. The van der Waals surface area contributed by atoms with Crippen LogP contribution in [0.1, 0.15) is 5.56 Å². The van der Waals surface area contributed by atoms with Crippen LogP contribution in [0.3, 0.4) is 0 Å². The van der Waals surface area contributed by atoms with Gasteiger partial charge in [0.2, 0.25) is 0 Å². The first-order chi connectivity index (χ1) is 13.7. The number of hydrogen-bond acceptors (Lipinski definition) is 4. The first-order valence-electron chi connectivity index (χ1n) is 8.77. The van der Waals surface area contributed by atoms with Gasteiger partial charge in [-0.2, -0.15) is 0 Å². The number of rotatable bonds is 6. The van der Waals surface area contributed by atoms with Crippen LogP contribution in [-0.4, -0.2) is 21.9 Å². The van der Waals surface area contributed by atoms with Crippen molar-refractivity contribution < 1.29 is 9.13 Å². The number of hydrogen-bond donors (Lipinski definition) is 0. The Bertz CT molecular complexity index is 1050. The fourth-order valence-electron chi connectivity index (χ4n) is 2.83. The average Bonchev–Trinajstić information content (AvgIpc) is 3.18. The molecule has 0 atom stereocenters. The van der Waals surface area contributed by atoms with Gasteiger partial charge in [-0.25, -0.2) is 4.39 Å². The van der Waals surface area contributed by atoms with Crippen LogP contribution >= 0.6 is 11.8 Å². The van der Waals surface area contributed by atoms with E-state index in [0.717, 1.165) is 33.5 Å². The van der Waals surface area contributed by atoms with E-state index in [2.05, 4.69) is 10.2 Å². The molecular weight excluding hydrogens is 373 g/mol. The topological polar surface area (TPSA) is 39.9 Å². The lowest BCUT2D eigenvalue weighted by molar-refractivity contribution is 0.415. The Morgan fingerprint density at radius 1 is 0.893 bits per heavy atom. The van der Waals surface area contributed by atoms with Crippen molar-refractivity contribution in [2.45, 2.75) is 10.9 Å². The van der Waals surface area contributed by atoms with Crippen molar-refractivity contribution in [1.82, 2.24) is 14.8 Å². The largest absolute Gasteiger partial charge is 0.497 e. The van der Waals surface area contributed by atoms with Gasteiger partial charge in [-0.05, 0) is 54.1 Å². The summed E-state index contributed by atoms with van der Waals surface area (Å²) >= 11 is 1.57. The van der Waals surface area contributed by atoms with Gasteiger partial charge in [-0.15, -0.1) is 10.2 Å². The summed E-state index contributed by atoms with van der Waals surface area (Å²) in [6.07, 6.45) is 0. The Kier molecular flexibility index (Phi) is 5.39. The molecule has 0 unspecified atom stereocenters. The second-order valence-corrected chi connectivity index (χ2v) is 7.06. The maximum Gasteiger partial charge on any atom is 0.196 e. The van der Waals surface area contributed by atoms with Crippen molar-refractivity contribution in [3.63, 3.8) is 0 Å². The van der Waals surface area contributed by atoms with Crippen molar-refractivity contribution in [3.8, 4) is 22.8 Å². The molecule has 28 heavy (non-hydrogen) atoms. The van der Waals surface area contributed by atoms with Gasteiger partial charge in [0.1, 0.15) is 11.6 Å². The third-order valence-corrected chi connectivity index (χ3v) is 5.28. The summed E-state index contributed by atoms with van der Waals surface area (Å²) in [5.41, 5.74) is 2.96. The smallest absolute Gasteiger partial charge is 0.196 e. The van der Waals surface area contributed by atoms with Gasteiger partial charge in [0, 0.05) is 17.0 Å². The molecule has 0 aliphatic heterocycles. The van der Waals surface area contributed by atoms with E-state index in [0.29, 0.717) is 5.75 Å². The number of nitrogens with zero attached hydrogens (tertiary/aromatic N) is 3. The van der Waals surface area contributed by atoms with Crippen LogP contribution in [0, 0.1) is 5.82 Å². The molecule has 0 aliphatic carbocycles. The molecule has 4 nitrogen and oxygen atoms in total. The molecule has 0 spiro atoms. The molecule has 0 bridgehead atoms. The lowest BCUT2D eigenvalue weighted by atomic mass is 10.2. The molecule has 3 aromatic carbocycles. The first-order valence-corrected chi connectivity index (χ1v) is 9.75. The van der Waals surface area contributed by atoms with Gasteiger partial charge in [-0.1, -0.05) is 42.1 Å². The van der Waals surface area contributed by atoms with Gasteiger partial charge < -0.3 is 4.74 Å². The van der Waals surface area contributed by atoms with Crippen LogP contribution in [-0.2, 0) is 5.75 Å². The SMILES string of the molecule is COc1ccc(-c2nnc(SCc3ccc(F)cc3)n2-c2ccccc2)cc1. The number of halogens is 1. The van der Waals surface area contributed by atoms with Gasteiger partial charge in [-0.3, -0.25) is 4.57 Å². The van der Waals surface area contributed by atoms with Crippen LogP contribution in [0.15, 0.2) is 84.0 Å². The third-order valence-electron chi connectivity index (χ3n) is 4.28. The highest BCUT2D eigenvalue weighted by molar-refractivity contribution is 7.98. The van der Waals surface area contributed by atoms with Crippen LogP contribution in [0.25, 0.3) is 17.1 Å². The van der Waals surface area contributed by atoms with Crippen molar-refractivity contribution >= 4 is 11.8 Å². The zero-order valence-corrected chi connectivity index (χ0v) is 16.1. The maximum atomic E-state index is 13.1. The molecule has 140 valence electrons. The molecule has 4 rings (SSSR count). The normalized spacial score (nSPS) is 10.8. The summed E-state index contributed by atoms with van der Waals surface area (Å²) < 4.78 is 20.4. The Labute approximate surface area is 167 Å². The first kappa shape index (κ1) is 18.3. The van der Waals surface area contributed by atoms with Crippen LogP contribution in [0.2, 0.25) is 0 Å². The lowest BCUT2D eigenvalue weighted by Gasteiger charge is -2.10. The molecule has 0 aliphatic rings. The Balaban J connectivity index is 1.69. The van der Waals surface area contributed by atoms with Gasteiger partial charge in [0.15, 0.2) is 11.0 Å². The van der Waals surface area contributed by atoms with Crippen LogP contribution in [0.5, 0.6) is 5.75 Å². The summed E-state index contributed by atoms with van der Waals surface area (Å²) in [7, 11) is 1.64. The maximum absolute atomic E-state index is 13.1. The number of benzene rings is 3. The number of para-hydroxylation sites is 1. The van der Waals surface area contributed by atoms with E-state index in [1.807, 2.05) is 59.2 Å². The molecule has 0 saturated carbocycles. The number of methoxy groups -OCH3 is 1. The zero-order chi connectivity index (χ0) is 19.3. The summed E-state index contributed by atoms with van der Waals surface area (Å²) in [6.45, 7) is 0. The fourth-order valence-corrected chi connectivity index (χ4v) is 3.74. The predicted molar refractivity (Wildman–Crippen MR) is 109 cm³/mol. The molecule has 0 amide bonds. The molecular formula is C22H18FN3OS. The Hall–Kier alpha value is -3.12. The van der Waals surface area contributed by atoms with Crippen molar-refractivity contribution in [3.05, 3.63) is 90.2 Å². The van der Waals surface area contributed by atoms with Gasteiger partial charge in [0.25, 0.3) is 0 Å². The zero-order valence-electron chi connectivity index (χ0n) is 15.2.